The van der Waals surface area contributed by atoms with E-state index >= 15 is 0 Å². The first-order valence-electron chi connectivity index (χ1n) is 8.61. The van der Waals surface area contributed by atoms with E-state index in [2.05, 4.69) is 10.3 Å². The van der Waals surface area contributed by atoms with Gasteiger partial charge in [0.05, 0.1) is 5.60 Å². The third kappa shape index (κ3) is 4.02. The van der Waals surface area contributed by atoms with Gasteiger partial charge in [0.25, 0.3) is 5.91 Å². The average Bonchev–Trinajstić information content (AvgIpc) is 2.83. The van der Waals surface area contributed by atoms with E-state index in [4.69, 9.17) is 0 Å². The van der Waals surface area contributed by atoms with Crippen molar-refractivity contribution in [3.05, 3.63) is 22.5 Å². The Morgan fingerprint density at radius 1 is 1.26 bits per heavy atom. The summed E-state index contributed by atoms with van der Waals surface area (Å²) in [6.07, 6.45) is 6.17. The summed E-state index contributed by atoms with van der Waals surface area (Å²) in [6, 6.07) is 0. The van der Waals surface area contributed by atoms with Crippen molar-refractivity contribution < 1.29 is 14.7 Å². The molecule has 1 aliphatic rings. The summed E-state index contributed by atoms with van der Waals surface area (Å²) >= 11 is 0. The number of ketones is 1. The number of carbonyl (C=O) groups is 2. The van der Waals surface area contributed by atoms with Crippen molar-refractivity contribution in [1.29, 1.82) is 0 Å². The minimum absolute atomic E-state index is 0.0211. The molecule has 1 aromatic heterocycles. The second kappa shape index (κ2) is 7.30. The Labute approximate surface area is 137 Å². The fourth-order valence-corrected chi connectivity index (χ4v) is 3.57. The Morgan fingerprint density at radius 2 is 1.91 bits per heavy atom. The van der Waals surface area contributed by atoms with Crippen LogP contribution in [0, 0.1) is 6.92 Å². The lowest BCUT2D eigenvalue weighted by Gasteiger charge is -2.32. The lowest BCUT2D eigenvalue weighted by atomic mass is 9.85. The van der Waals surface area contributed by atoms with Crippen LogP contribution in [0.5, 0.6) is 0 Å². The third-order valence-electron chi connectivity index (χ3n) is 4.73. The van der Waals surface area contributed by atoms with E-state index in [1.54, 1.807) is 0 Å². The summed E-state index contributed by atoms with van der Waals surface area (Å²) < 4.78 is 0. The smallest absolute Gasteiger partial charge is 0.268 e. The number of amides is 1. The number of aryl methyl sites for hydroxylation is 1. The molecule has 0 aromatic carbocycles. The Kier molecular flexibility index (Phi) is 5.63. The molecule has 5 nitrogen and oxygen atoms in total. The largest absolute Gasteiger partial charge is 0.388 e. The van der Waals surface area contributed by atoms with Crippen LogP contribution in [0.4, 0.5) is 0 Å². The Hall–Kier alpha value is -1.62. The summed E-state index contributed by atoms with van der Waals surface area (Å²) in [4.78, 5) is 27.5. The van der Waals surface area contributed by atoms with Crippen LogP contribution in [-0.2, 0) is 6.42 Å². The van der Waals surface area contributed by atoms with Crippen LogP contribution >= 0.6 is 0 Å². The molecule has 0 unspecified atom stereocenters. The van der Waals surface area contributed by atoms with Gasteiger partial charge in [-0.25, -0.2) is 0 Å². The molecule has 1 saturated carbocycles. The minimum atomic E-state index is -0.788. The molecule has 1 aliphatic carbocycles. The van der Waals surface area contributed by atoms with E-state index in [1.807, 2.05) is 13.8 Å². The van der Waals surface area contributed by atoms with Crippen LogP contribution in [0.15, 0.2) is 0 Å². The Balaban J connectivity index is 2.15. The van der Waals surface area contributed by atoms with E-state index in [1.165, 1.54) is 6.92 Å². The normalized spacial score (nSPS) is 17.0. The highest BCUT2D eigenvalue weighted by Gasteiger charge is 2.30. The van der Waals surface area contributed by atoms with Crippen LogP contribution in [0.2, 0.25) is 0 Å². The highest BCUT2D eigenvalue weighted by Crippen LogP contribution is 2.27. The van der Waals surface area contributed by atoms with Gasteiger partial charge in [0.1, 0.15) is 5.69 Å². The molecule has 1 fully saturated rings. The van der Waals surface area contributed by atoms with Gasteiger partial charge in [-0.2, -0.15) is 0 Å². The number of nitrogens with one attached hydrogen (secondary N) is 2. The molecular weight excluding hydrogens is 292 g/mol. The van der Waals surface area contributed by atoms with Gasteiger partial charge in [-0.1, -0.05) is 32.6 Å². The lowest BCUT2D eigenvalue weighted by Crippen LogP contribution is -2.44. The van der Waals surface area contributed by atoms with Crippen LogP contribution in [-0.4, -0.2) is 33.9 Å². The molecule has 23 heavy (non-hydrogen) atoms. The molecule has 1 aromatic rings. The molecule has 1 heterocycles. The number of rotatable bonds is 6. The van der Waals surface area contributed by atoms with Crippen LogP contribution in [0.25, 0.3) is 0 Å². The van der Waals surface area contributed by atoms with Gasteiger partial charge in [0, 0.05) is 17.8 Å². The molecular formula is C18H28N2O3. The summed E-state index contributed by atoms with van der Waals surface area (Å²) in [7, 11) is 0. The summed E-state index contributed by atoms with van der Waals surface area (Å²) in [6.45, 7) is 5.65. The molecule has 5 heteroatoms. The molecule has 0 bridgehead atoms. The van der Waals surface area contributed by atoms with Gasteiger partial charge in [-0.05, 0) is 38.7 Å². The summed E-state index contributed by atoms with van der Waals surface area (Å²) in [5, 5.41) is 13.4. The maximum atomic E-state index is 12.5. The van der Waals surface area contributed by atoms with E-state index in [0.29, 0.717) is 17.7 Å². The van der Waals surface area contributed by atoms with Crippen molar-refractivity contribution in [2.75, 3.05) is 6.54 Å². The van der Waals surface area contributed by atoms with Gasteiger partial charge in [0.2, 0.25) is 0 Å². The number of H-pyrrole nitrogens is 1. The lowest BCUT2D eigenvalue weighted by molar-refractivity contribution is 0.00520. The Morgan fingerprint density at radius 3 is 2.48 bits per heavy atom. The Bertz CT molecular complexity index is 583. The van der Waals surface area contributed by atoms with Crippen LogP contribution in [0.3, 0.4) is 0 Å². The van der Waals surface area contributed by atoms with Crippen molar-refractivity contribution >= 4 is 11.7 Å². The van der Waals surface area contributed by atoms with Crippen molar-refractivity contribution in [3.8, 4) is 0 Å². The van der Waals surface area contributed by atoms with E-state index in [0.717, 1.165) is 49.8 Å². The molecule has 0 aliphatic heterocycles. The van der Waals surface area contributed by atoms with E-state index in [9.17, 15) is 14.7 Å². The molecule has 3 N–H and O–H groups in total. The molecule has 0 radical (unpaired) electrons. The molecule has 0 spiro atoms. The zero-order valence-electron chi connectivity index (χ0n) is 14.4. The molecule has 0 atom stereocenters. The maximum absolute atomic E-state index is 12.5. The number of hydrogen-bond acceptors (Lipinski definition) is 3. The number of Topliss-reactive ketones (excluding diaryl/α,β-unsaturated/α-hetero) is 1. The van der Waals surface area contributed by atoms with Crippen molar-refractivity contribution in [2.24, 2.45) is 0 Å². The first-order valence-corrected chi connectivity index (χ1v) is 8.61. The first-order chi connectivity index (χ1) is 10.9. The average molecular weight is 320 g/mol. The third-order valence-corrected chi connectivity index (χ3v) is 4.73. The monoisotopic (exact) mass is 320 g/mol. The standard InChI is InChI=1S/C18H28N2O3/c1-4-8-14-15(13(3)21)12(2)20-16(14)17(22)19-11-18(23)9-6-5-7-10-18/h20,23H,4-11H2,1-3H3,(H,19,22). The summed E-state index contributed by atoms with van der Waals surface area (Å²) in [5.74, 6) is -0.254. The first kappa shape index (κ1) is 17.7. The number of carbonyl (C=O) groups excluding carboxylic acids is 2. The SMILES string of the molecule is CCCc1c(C(=O)NCC2(O)CCCCC2)[nH]c(C)c1C(C)=O. The van der Waals surface area contributed by atoms with E-state index < -0.39 is 5.60 Å². The van der Waals surface area contributed by atoms with Gasteiger partial charge >= 0.3 is 0 Å². The minimum Gasteiger partial charge on any atom is -0.388 e. The number of aliphatic hydroxyl groups is 1. The van der Waals surface area contributed by atoms with Gasteiger partial charge < -0.3 is 15.4 Å². The zero-order chi connectivity index (χ0) is 17.0. The quantitative estimate of drug-likeness (QED) is 0.705. The van der Waals surface area contributed by atoms with Gasteiger partial charge in [-0.15, -0.1) is 0 Å². The highest BCUT2D eigenvalue weighted by atomic mass is 16.3. The second-order valence-electron chi connectivity index (χ2n) is 6.75. The number of hydrogen-bond donors (Lipinski definition) is 3. The van der Waals surface area contributed by atoms with Gasteiger partial charge in [0.15, 0.2) is 5.78 Å². The fraction of sp³-hybridized carbons (Fsp3) is 0.667. The predicted molar refractivity (Wildman–Crippen MR) is 89.9 cm³/mol. The fourth-order valence-electron chi connectivity index (χ4n) is 3.57. The molecule has 2 rings (SSSR count). The molecule has 1 amide bonds. The second-order valence-corrected chi connectivity index (χ2v) is 6.75. The maximum Gasteiger partial charge on any atom is 0.268 e. The topological polar surface area (TPSA) is 82.2 Å². The van der Waals surface area contributed by atoms with Crippen LogP contribution in [0.1, 0.15) is 84.5 Å². The number of aromatic amines is 1. The molecule has 128 valence electrons. The van der Waals surface area contributed by atoms with Crippen LogP contribution < -0.4 is 5.32 Å². The van der Waals surface area contributed by atoms with Crippen molar-refractivity contribution in [2.45, 2.75) is 71.3 Å². The van der Waals surface area contributed by atoms with Crippen molar-refractivity contribution in [1.82, 2.24) is 10.3 Å². The van der Waals surface area contributed by atoms with E-state index in [-0.39, 0.29) is 18.2 Å². The summed E-state index contributed by atoms with van der Waals surface area (Å²) in [5.41, 5.74) is 1.85. The predicted octanol–water partition coefficient (Wildman–Crippen LogP) is 2.90. The number of aromatic nitrogens is 1. The molecule has 0 saturated heterocycles. The van der Waals surface area contributed by atoms with Gasteiger partial charge in [-0.3, -0.25) is 9.59 Å². The zero-order valence-corrected chi connectivity index (χ0v) is 14.4. The highest BCUT2D eigenvalue weighted by molar-refractivity contribution is 6.02. The van der Waals surface area contributed by atoms with Crippen molar-refractivity contribution in [3.63, 3.8) is 0 Å².